The van der Waals surface area contributed by atoms with Crippen LogP contribution in [0.25, 0.3) is 10.8 Å². The van der Waals surface area contributed by atoms with Crippen LogP contribution < -0.4 is 0 Å². The van der Waals surface area contributed by atoms with Crippen LogP contribution in [0.15, 0.2) is 54.6 Å². The molecule has 3 rings (SSSR count). The molecule has 0 N–H and O–H groups in total. The quantitative estimate of drug-likeness (QED) is 0.532. The normalized spacial score (nSPS) is 12.8. The Hall–Kier alpha value is -1.12. The van der Waals surface area contributed by atoms with E-state index in [9.17, 15) is 0 Å². The number of rotatable bonds is 2. The Labute approximate surface area is 119 Å². The first-order chi connectivity index (χ1) is 8.74. The van der Waals surface area contributed by atoms with Crippen LogP contribution in [0.2, 0.25) is 0 Å². The van der Waals surface area contributed by atoms with Gasteiger partial charge in [0.2, 0.25) is 0 Å². The average molecular weight is 317 g/mol. The van der Waals surface area contributed by atoms with Gasteiger partial charge in [0.25, 0.3) is 0 Å². The second-order valence-electron chi connectivity index (χ2n) is 4.42. The number of aryl methyl sites for hydroxylation is 1. The van der Waals surface area contributed by atoms with E-state index >= 15 is 0 Å². The maximum atomic E-state index is 3.80. The van der Waals surface area contributed by atoms with Crippen molar-refractivity contribution in [3.8, 4) is 0 Å². The number of hydrogen-bond acceptors (Lipinski definition) is 1. The first-order valence-corrected chi connectivity index (χ1v) is 7.66. The molecule has 0 nitrogen and oxygen atoms in total. The third-order valence-electron chi connectivity index (χ3n) is 3.08. The molecule has 0 radical (unpaired) electrons. The van der Waals surface area contributed by atoms with E-state index in [1.54, 1.807) is 0 Å². The lowest BCUT2D eigenvalue weighted by Gasteiger charge is -2.09. The van der Waals surface area contributed by atoms with Gasteiger partial charge in [-0.3, -0.25) is 0 Å². The zero-order chi connectivity index (χ0) is 12.5. The molecule has 1 heterocycles. The Balaban J connectivity index is 2.03. The fraction of sp³-hybridized carbons (Fsp3) is 0.125. The molecule has 2 aromatic carbocycles. The van der Waals surface area contributed by atoms with Crippen molar-refractivity contribution in [3.05, 3.63) is 69.9 Å². The van der Waals surface area contributed by atoms with Crippen molar-refractivity contribution in [2.75, 3.05) is 0 Å². The summed E-state index contributed by atoms with van der Waals surface area (Å²) in [6.45, 7) is 2.15. The monoisotopic (exact) mass is 316 g/mol. The molecule has 1 atom stereocenters. The summed E-state index contributed by atoms with van der Waals surface area (Å²) in [6.07, 6.45) is 0. The topological polar surface area (TPSA) is 0 Å². The van der Waals surface area contributed by atoms with E-state index in [1.807, 2.05) is 11.3 Å². The van der Waals surface area contributed by atoms with Crippen LogP contribution in [0.4, 0.5) is 0 Å². The van der Waals surface area contributed by atoms with Gasteiger partial charge in [-0.25, -0.2) is 0 Å². The van der Waals surface area contributed by atoms with Crippen molar-refractivity contribution in [2.45, 2.75) is 11.8 Å². The highest BCUT2D eigenvalue weighted by atomic mass is 79.9. The first-order valence-electron chi connectivity index (χ1n) is 5.93. The van der Waals surface area contributed by atoms with Crippen molar-refractivity contribution in [3.63, 3.8) is 0 Å². The van der Waals surface area contributed by atoms with Crippen molar-refractivity contribution < 1.29 is 0 Å². The number of alkyl halides is 1. The second kappa shape index (κ2) is 4.87. The fourth-order valence-corrected chi connectivity index (χ4v) is 3.72. The predicted octanol–water partition coefficient (Wildman–Crippen LogP) is 5.69. The van der Waals surface area contributed by atoms with Gasteiger partial charge >= 0.3 is 0 Å². The van der Waals surface area contributed by atoms with Crippen LogP contribution in [0.3, 0.4) is 0 Å². The molecule has 0 aliphatic rings. The molecule has 1 unspecified atom stereocenters. The molecule has 0 aliphatic carbocycles. The maximum Gasteiger partial charge on any atom is 0.0738 e. The summed E-state index contributed by atoms with van der Waals surface area (Å²) in [6, 6.07) is 19.5. The zero-order valence-electron chi connectivity index (χ0n) is 10.1. The molecule has 18 heavy (non-hydrogen) atoms. The van der Waals surface area contributed by atoms with Gasteiger partial charge in [0.15, 0.2) is 0 Å². The third kappa shape index (κ3) is 2.23. The minimum absolute atomic E-state index is 0.292. The number of hydrogen-bond donors (Lipinski definition) is 0. The molecule has 0 saturated carbocycles. The highest BCUT2D eigenvalue weighted by Gasteiger charge is 2.12. The Morgan fingerprint density at radius 3 is 2.44 bits per heavy atom. The van der Waals surface area contributed by atoms with Crippen molar-refractivity contribution in [2.24, 2.45) is 0 Å². The molecule has 90 valence electrons. The number of thiophene rings is 1. The van der Waals surface area contributed by atoms with E-state index in [0.717, 1.165) is 0 Å². The van der Waals surface area contributed by atoms with E-state index in [-0.39, 0.29) is 0 Å². The SMILES string of the molecule is Cc1ccc(C(Br)c2ccc3ccccc3c2)s1. The predicted molar refractivity (Wildman–Crippen MR) is 83.8 cm³/mol. The molecule has 3 aromatic rings. The van der Waals surface area contributed by atoms with Gasteiger partial charge in [0.1, 0.15) is 0 Å². The van der Waals surface area contributed by atoms with Crippen LogP contribution >= 0.6 is 27.3 Å². The third-order valence-corrected chi connectivity index (χ3v) is 5.47. The Bertz CT molecular complexity index is 684. The first kappa shape index (κ1) is 11.9. The smallest absolute Gasteiger partial charge is 0.0738 e. The van der Waals surface area contributed by atoms with Gasteiger partial charge in [0, 0.05) is 9.75 Å². The van der Waals surface area contributed by atoms with Gasteiger partial charge in [-0.05, 0) is 41.5 Å². The maximum absolute atomic E-state index is 3.80. The van der Waals surface area contributed by atoms with Gasteiger partial charge in [-0.15, -0.1) is 11.3 Å². The molecule has 0 fully saturated rings. The Kier molecular flexibility index (Phi) is 3.23. The lowest BCUT2D eigenvalue weighted by molar-refractivity contribution is 1.23. The number of fused-ring (bicyclic) bond motifs is 1. The minimum atomic E-state index is 0.292. The Morgan fingerprint density at radius 1 is 0.944 bits per heavy atom. The van der Waals surface area contributed by atoms with Crippen LogP contribution in [-0.4, -0.2) is 0 Å². The van der Waals surface area contributed by atoms with Crippen LogP contribution in [0.5, 0.6) is 0 Å². The van der Waals surface area contributed by atoms with Crippen LogP contribution in [0.1, 0.15) is 20.1 Å². The molecular weight excluding hydrogens is 304 g/mol. The van der Waals surface area contributed by atoms with Crippen molar-refractivity contribution in [1.29, 1.82) is 0 Å². The van der Waals surface area contributed by atoms with E-state index in [4.69, 9.17) is 0 Å². The molecule has 2 heteroatoms. The highest BCUT2D eigenvalue weighted by molar-refractivity contribution is 9.09. The molecule has 0 saturated heterocycles. The van der Waals surface area contributed by atoms with Crippen LogP contribution in [0, 0.1) is 6.92 Å². The summed E-state index contributed by atoms with van der Waals surface area (Å²) in [7, 11) is 0. The molecular formula is C16H13BrS. The minimum Gasteiger partial charge on any atom is -0.144 e. The largest absolute Gasteiger partial charge is 0.144 e. The summed E-state index contributed by atoms with van der Waals surface area (Å²) in [5.41, 5.74) is 1.32. The number of halogens is 1. The lowest BCUT2D eigenvalue weighted by Crippen LogP contribution is -1.89. The van der Waals surface area contributed by atoms with E-state index in [1.165, 1.54) is 26.1 Å². The molecule has 0 aliphatic heterocycles. The van der Waals surface area contributed by atoms with Crippen molar-refractivity contribution in [1.82, 2.24) is 0 Å². The second-order valence-corrected chi connectivity index (χ2v) is 6.65. The molecule has 0 spiro atoms. The summed E-state index contributed by atoms with van der Waals surface area (Å²) < 4.78 is 0. The highest BCUT2D eigenvalue weighted by Crippen LogP contribution is 2.36. The van der Waals surface area contributed by atoms with Gasteiger partial charge in [-0.1, -0.05) is 52.3 Å². The van der Waals surface area contributed by atoms with Gasteiger partial charge in [0.05, 0.1) is 4.83 Å². The summed E-state index contributed by atoms with van der Waals surface area (Å²) in [5.74, 6) is 0. The molecule has 0 amide bonds. The van der Waals surface area contributed by atoms with E-state index in [2.05, 4.69) is 77.5 Å². The fourth-order valence-electron chi connectivity index (χ4n) is 2.12. The van der Waals surface area contributed by atoms with E-state index < -0.39 is 0 Å². The van der Waals surface area contributed by atoms with Crippen LogP contribution in [-0.2, 0) is 0 Å². The van der Waals surface area contributed by atoms with Crippen molar-refractivity contribution >= 4 is 38.0 Å². The Morgan fingerprint density at radius 2 is 1.72 bits per heavy atom. The summed E-state index contributed by atoms with van der Waals surface area (Å²) in [4.78, 5) is 3.01. The van der Waals surface area contributed by atoms with E-state index in [0.29, 0.717) is 4.83 Å². The average Bonchev–Trinajstić information content (AvgIpc) is 2.84. The van der Waals surface area contributed by atoms with Gasteiger partial charge < -0.3 is 0 Å². The van der Waals surface area contributed by atoms with Gasteiger partial charge in [-0.2, -0.15) is 0 Å². The summed E-state index contributed by atoms with van der Waals surface area (Å²) >= 11 is 5.65. The number of benzene rings is 2. The standard InChI is InChI=1S/C16H13BrS/c1-11-6-9-15(18-11)16(17)14-8-7-12-4-2-3-5-13(12)10-14/h2-10,16H,1H3. The molecule has 1 aromatic heterocycles. The summed E-state index contributed by atoms with van der Waals surface area (Å²) in [5, 5.41) is 2.59. The lowest BCUT2D eigenvalue weighted by atomic mass is 10.0. The molecule has 0 bridgehead atoms. The zero-order valence-corrected chi connectivity index (χ0v) is 12.5.